The fraction of sp³-hybridized carbons (Fsp3) is 0.263. The third kappa shape index (κ3) is 5.24. The minimum absolute atomic E-state index is 0.0445. The molecular weight excluding hydrogens is 402 g/mol. The SMILES string of the molecule is COc1ccc(Cl)cc1N(CC(=O)NN=C(C)C)S(=O)(=O)c1ccc(C)cc1. The van der Waals surface area contributed by atoms with E-state index in [1.54, 1.807) is 38.1 Å². The van der Waals surface area contributed by atoms with Gasteiger partial charge in [0.25, 0.3) is 15.9 Å². The fourth-order valence-electron chi connectivity index (χ4n) is 2.34. The number of amides is 1. The van der Waals surface area contributed by atoms with E-state index in [0.717, 1.165) is 9.87 Å². The van der Waals surface area contributed by atoms with Crippen LogP contribution < -0.4 is 14.5 Å². The maximum Gasteiger partial charge on any atom is 0.264 e. The molecule has 0 spiro atoms. The lowest BCUT2D eigenvalue weighted by Crippen LogP contribution is -2.40. The van der Waals surface area contributed by atoms with Gasteiger partial charge in [0.05, 0.1) is 17.7 Å². The number of ether oxygens (including phenoxy) is 1. The van der Waals surface area contributed by atoms with E-state index < -0.39 is 22.5 Å². The summed E-state index contributed by atoms with van der Waals surface area (Å²) in [7, 11) is -2.66. The van der Waals surface area contributed by atoms with Crippen LogP contribution in [0.1, 0.15) is 19.4 Å². The lowest BCUT2D eigenvalue weighted by atomic mass is 10.2. The van der Waals surface area contributed by atoms with Gasteiger partial charge in [-0.3, -0.25) is 9.10 Å². The number of hydrogen-bond donors (Lipinski definition) is 1. The zero-order valence-electron chi connectivity index (χ0n) is 16.1. The maximum absolute atomic E-state index is 13.3. The van der Waals surface area contributed by atoms with Gasteiger partial charge in [-0.05, 0) is 51.1 Å². The summed E-state index contributed by atoms with van der Waals surface area (Å²) in [6, 6.07) is 10.9. The summed E-state index contributed by atoms with van der Waals surface area (Å²) in [4.78, 5) is 12.4. The zero-order chi connectivity index (χ0) is 20.9. The van der Waals surface area contributed by atoms with Gasteiger partial charge in [-0.15, -0.1) is 0 Å². The Morgan fingerprint density at radius 1 is 1.18 bits per heavy atom. The number of aryl methyl sites for hydroxylation is 1. The average molecular weight is 424 g/mol. The molecule has 0 aromatic heterocycles. The first-order valence-electron chi connectivity index (χ1n) is 8.38. The summed E-state index contributed by atoms with van der Waals surface area (Å²) < 4.78 is 32.9. The van der Waals surface area contributed by atoms with Crippen molar-refractivity contribution in [2.45, 2.75) is 25.7 Å². The van der Waals surface area contributed by atoms with Crippen molar-refractivity contribution in [3.05, 3.63) is 53.1 Å². The molecule has 2 aromatic rings. The minimum atomic E-state index is -4.07. The molecule has 0 saturated heterocycles. The predicted molar refractivity (Wildman–Crippen MR) is 111 cm³/mol. The molecule has 1 amide bonds. The third-order valence-corrected chi connectivity index (χ3v) is 5.72. The van der Waals surface area contributed by atoms with Crippen molar-refractivity contribution in [2.75, 3.05) is 18.0 Å². The molecule has 0 saturated carbocycles. The molecule has 0 radical (unpaired) electrons. The summed E-state index contributed by atoms with van der Waals surface area (Å²) >= 11 is 6.07. The molecule has 7 nitrogen and oxygen atoms in total. The molecule has 0 unspecified atom stereocenters. The quantitative estimate of drug-likeness (QED) is 0.546. The van der Waals surface area contributed by atoms with Crippen LogP contribution in [0.15, 0.2) is 52.5 Å². The van der Waals surface area contributed by atoms with Gasteiger partial charge in [0.15, 0.2) is 0 Å². The molecule has 28 heavy (non-hydrogen) atoms. The monoisotopic (exact) mass is 423 g/mol. The Morgan fingerprint density at radius 2 is 1.82 bits per heavy atom. The van der Waals surface area contributed by atoms with Crippen molar-refractivity contribution in [3.63, 3.8) is 0 Å². The lowest BCUT2D eigenvalue weighted by Gasteiger charge is -2.25. The van der Waals surface area contributed by atoms with Crippen molar-refractivity contribution in [1.82, 2.24) is 5.43 Å². The maximum atomic E-state index is 13.3. The van der Waals surface area contributed by atoms with Crippen LogP contribution in [0, 0.1) is 6.92 Å². The molecule has 2 rings (SSSR count). The molecule has 150 valence electrons. The van der Waals surface area contributed by atoms with E-state index in [1.165, 1.54) is 25.3 Å². The van der Waals surface area contributed by atoms with E-state index in [2.05, 4.69) is 10.5 Å². The van der Waals surface area contributed by atoms with Crippen LogP contribution in [0.3, 0.4) is 0 Å². The molecule has 2 aromatic carbocycles. The van der Waals surface area contributed by atoms with Gasteiger partial charge in [0.1, 0.15) is 12.3 Å². The van der Waals surface area contributed by atoms with Gasteiger partial charge in [-0.25, -0.2) is 13.8 Å². The van der Waals surface area contributed by atoms with Crippen LogP contribution in [0.25, 0.3) is 0 Å². The number of hydrogen-bond acceptors (Lipinski definition) is 5. The molecule has 0 atom stereocenters. The second-order valence-electron chi connectivity index (χ2n) is 6.23. The Balaban J connectivity index is 2.56. The summed E-state index contributed by atoms with van der Waals surface area (Å²) in [6.07, 6.45) is 0. The zero-order valence-corrected chi connectivity index (χ0v) is 17.6. The number of rotatable bonds is 7. The van der Waals surface area contributed by atoms with Crippen LogP contribution in [0.5, 0.6) is 5.75 Å². The Kier molecular flexibility index (Phi) is 7.04. The summed E-state index contributed by atoms with van der Waals surface area (Å²) in [5.74, 6) is -0.332. The van der Waals surface area contributed by atoms with Crippen molar-refractivity contribution in [3.8, 4) is 5.75 Å². The summed E-state index contributed by atoms with van der Waals surface area (Å²) in [5, 5.41) is 4.14. The van der Waals surface area contributed by atoms with Crippen LogP contribution in [-0.2, 0) is 14.8 Å². The number of hydrazone groups is 1. The van der Waals surface area contributed by atoms with Gasteiger partial charge in [0, 0.05) is 10.7 Å². The van der Waals surface area contributed by atoms with Crippen LogP contribution in [0.4, 0.5) is 5.69 Å². The van der Waals surface area contributed by atoms with E-state index in [-0.39, 0.29) is 16.3 Å². The number of carbonyl (C=O) groups is 1. The second kappa shape index (κ2) is 9.07. The van der Waals surface area contributed by atoms with E-state index in [1.807, 2.05) is 6.92 Å². The molecule has 0 aliphatic rings. The number of halogens is 1. The van der Waals surface area contributed by atoms with Crippen molar-refractivity contribution < 1.29 is 17.9 Å². The highest BCUT2D eigenvalue weighted by Crippen LogP contribution is 2.34. The Morgan fingerprint density at radius 3 is 2.39 bits per heavy atom. The molecule has 0 aliphatic carbocycles. The molecule has 0 aliphatic heterocycles. The standard InChI is InChI=1S/C19H22ClN3O4S/c1-13(2)21-22-19(24)12-23(17-11-15(20)7-10-18(17)27-4)28(25,26)16-8-5-14(3)6-9-16/h5-11H,12H2,1-4H3,(H,22,24). The van der Waals surface area contributed by atoms with Crippen LogP contribution >= 0.6 is 11.6 Å². The van der Waals surface area contributed by atoms with Crippen molar-refractivity contribution >= 4 is 38.9 Å². The first kappa shape index (κ1) is 21.7. The lowest BCUT2D eigenvalue weighted by molar-refractivity contribution is -0.119. The number of carbonyl (C=O) groups excluding carboxylic acids is 1. The largest absolute Gasteiger partial charge is 0.495 e. The van der Waals surface area contributed by atoms with E-state index >= 15 is 0 Å². The van der Waals surface area contributed by atoms with Crippen LogP contribution in [-0.4, -0.2) is 33.7 Å². The number of anilines is 1. The minimum Gasteiger partial charge on any atom is -0.495 e. The average Bonchev–Trinajstić information content (AvgIpc) is 2.64. The normalized spacial score (nSPS) is 10.9. The number of benzene rings is 2. The first-order valence-corrected chi connectivity index (χ1v) is 10.2. The Labute approximate surface area is 170 Å². The van der Waals surface area contributed by atoms with E-state index in [0.29, 0.717) is 10.7 Å². The van der Waals surface area contributed by atoms with Crippen molar-refractivity contribution in [1.29, 1.82) is 0 Å². The van der Waals surface area contributed by atoms with E-state index in [9.17, 15) is 13.2 Å². The molecule has 9 heteroatoms. The molecule has 0 fully saturated rings. The highest BCUT2D eigenvalue weighted by Gasteiger charge is 2.29. The van der Waals surface area contributed by atoms with E-state index in [4.69, 9.17) is 16.3 Å². The number of nitrogens with zero attached hydrogens (tertiary/aromatic N) is 2. The highest BCUT2D eigenvalue weighted by molar-refractivity contribution is 7.92. The van der Waals surface area contributed by atoms with Gasteiger partial charge in [-0.1, -0.05) is 29.3 Å². The second-order valence-corrected chi connectivity index (χ2v) is 8.53. The van der Waals surface area contributed by atoms with Gasteiger partial charge >= 0.3 is 0 Å². The number of methoxy groups -OCH3 is 1. The predicted octanol–water partition coefficient (Wildman–Crippen LogP) is 3.36. The summed E-state index contributed by atoms with van der Waals surface area (Å²) in [6.45, 7) is 4.78. The van der Waals surface area contributed by atoms with Gasteiger partial charge in [-0.2, -0.15) is 5.10 Å². The fourth-order valence-corrected chi connectivity index (χ4v) is 3.92. The first-order chi connectivity index (χ1) is 13.1. The number of sulfonamides is 1. The third-order valence-electron chi connectivity index (χ3n) is 3.71. The summed E-state index contributed by atoms with van der Waals surface area (Å²) in [5.41, 5.74) is 4.03. The molecule has 0 heterocycles. The molecular formula is C19H22ClN3O4S. The molecule has 1 N–H and O–H groups in total. The van der Waals surface area contributed by atoms with Crippen molar-refractivity contribution in [2.24, 2.45) is 5.10 Å². The number of nitrogens with one attached hydrogen (secondary N) is 1. The Hall–Kier alpha value is -2.58. The van der Waals surface area contributed by atoms with Gasteiger partial charge < -0.3 is 4.74 Å². The Bertz CT molecular complexity index is 985. The smallest absolute Gasteiger partial charge is 0.264 e. The highest BCUT2D eigenvalue weighted by atomic mass is 35.5. The van der Waals surface area contributed by atoms with Gasteiger partial charge in [0.2, 0.25) is 0 Å². The van der Waals surface area contributed by atoms with Crippen LogP contribution in [0.2, 0.25) is 5.02 Å². The molecule has 0 bridgehead atoms. The topological polar surface area (TPSA) is 88.1 Å².